The van der Waals surface area contributed by atoms with Crippen LogP contribution in [-0.4, -0.2) is 23.7 Å². The molecule has 1 unspecified atom stereocenters. The first kappa shape index (κ1) is 12.6. The lowest BCUT2D eigenvalue weighted by Crippen LogP contribution is -2.33. The van der Waals surface area contributed by atoms with E-state index in [9.17, 15) is 9.18 Å². The summed E-state index contributed by atoms with van der Waals surface area (Å²) in [6.07, 6.45) is 0.506. The molecule has 0 aliphatic rings. The van der Waals surface area contributed by atoms with Gasteiger partial charge in [-0.25, -0.2) is 4.39 Å². The van der Waals surface area contributed by atoms with Crippen LogP contribution in [0.4, 0.5) is 4.39 Å². The molecule has 0 fully saturated rings. The van der Waals surface area contributed by atoms with Gasteiger partial charge in [0, 0.05) is 18.2 Å². The Hall–Kier alpha value is -1.42. The molecule has 16 heavy (non-hydrogen) atoms. The van der Waals surface area contributed by atoms with Crippen LogP contribution >= 0.6 is 0 Å². The topological polar surface area (TPSA) is 49.3 Å². The summed E-state index contributed by atoms with van der Waals surface area (Å²) in [7, 11) is 0. The molecule has 2 N–H and O–H groups in total. The summed E-state index contributed by atoms with van der Waals surface area (Å²) in [4.78, 5) is 11.7. The van der Waals surface area contributed by atoms with Gasteiger partial charge in [-0.3, -0.25) is 4.79 Å². The zero-order valence-corrected chi connectivity index (χ0v) is 9.46. The van der Waals surface area contributed by atoms with Crippen LogP contribution < -0.4 is 5.32 Å². The molecule has 0 heterocycles. The van der Waals surface area contributed by atoms with Gasteiger partial charge in [0.1, 0.15) is 5.82 Å². The standard InChI is InChI=1S/C12H16FNO2/c1-8-7-10(3-4-11(8)13)12(16)14-9(2)5-6-15/h3-4,7,9,15H,5-6H2,1-2H3,(H,14,16). The fourth-order valence-electron chi connectivity index (χ4n) is 1.36. The van der Waals surface area contributed by atoms with Crippen molar-refractivity contribution < 1.29 is 14.3 Å². The minimum Gasteiger partial charge on any atom is -0.396 e. The number of hydrogen-bond donors (Lipinski definition) is 2. The summed E-state index contributed by atoms with van der Waals surface area (Å²) in [5.74, 6) is -0.566. The Morgan fingerprint density at radius 1 is 1.56 bits per heavy atom. The number of aliphatic hydroxyl groups is 1. The van der Waals surface area contributed by atoms with Crippen LogP contribution in [0.15, 0.2) is 18.2 Å². The molecule has 0 radical (unpaired) electrons. The minimum absolute atomic E-state index is 0.0316. The molecular formula is C12H16FNO2. The highest BCUT2D eigenvalue weighted by atomic mass is 19.1. The summed E-state index contributed by atoms with van der Waals surface area (Å²) in [6.45, 7) is 3.46. The Bertz CT molecular complexity index is 379. The van der Waals surface area contributed by atoms with E-state index in [1.54, 1.807) is 6.92 Å². The summed E-state index contributed by atoms with van der Waals surface area (Å²) in [5.41, 5.74) is 0.881. The van der Waals surface area contributed by atoms with E-state index in [1.165, 1.54) is 18.2 Å². The number of rotatable bonds is 4. The zero-order chi connectivity index (χ0) is 12.1. The summed E-state index contributed by atoms with van der Waals surface area (Å²) in [6, 6.07) is 4.14. The number of amides is 1. The molecule has 3 nitrogen and oxygen atoms in total. The first-order valence-electron chi connectivity index (χ1n) is 5.22. The molecule has 1 aromatic carbocycles. The molecular weight excluding hydrogens is 209 g/mol. The van der Waals surface area contributed by atoms with Crippen molar-refractivity contribution >= 4 is 5.91 Å². The van der Waals surface area contributed by atoms with Crippen molar-refractivity contribution in [3.05, 3.63) is 35.1 Å². The largest absolute Gasteiger partial charge is 0.396 e. The maximum atomic E-state index is 13.0. The van der Waals surface area contributed by atoms with Crippen molar-refractivity contribution in [3.8, 4) is 0 Å². The van der Waals surface area contributed by atoms with E-state index >= 15 is 0 Å². The number of nitrogens with one attached hydrogen (secondary N) is 1. The lowest BCUT2D eigenvalue weighted by molar-refractivity contribution is 0.0934. The molecule has 0 spiro atoms. The molecule has 0 bridgehead atoms. The number of benzene rings is 1. The van der Waals surface area contributed by atoms with E-state index in [0.29, 0.717) is 17.5 Å². The monoisotopic (exact) mass is 225 g/mol. The molecule has 0 saturated carbocycles. The predicted octanol–water partition coefficient (Wildman–Crippen LogP) is 1.63. The normalized spacial score (nSPS) is 12.2. The number of carbonyl (C=O) groups excluding carboxylic acids is 1. The Morgan fingerprint density at radius 3 is 2.81 bits per heavy atom. The van der Waals surface area contributed by atoms with Crippen molar-refractivity contribution in [1.29, 1.82) is 0 Å². The van der Waals surface area contributed by atoms with Gasteiger partial charge in [0.2, 0.25) is 0 Å². The zero-order valence-electron chi connectivity index (χ0n) is 9.46. The van der Waals surface area contributed by atoms with Crippen molar-refractivity contribution in [2.75, 3.05) is 6.61 Å². The number of hydrogen-bond acceptors (Lipinski definition) is 2. The Labute approximate surface area is 94.3 Å². The van der Waals surface area contributed by atoms with Gasteiger partial charge in [-0.05, 0) is 44.0 Å². The van der Waals surface area contributed by atoms with Gasteiger partial charge in [0.05, 0.1) is 0 Å². The number of aliphatic hydroxyl groups excluding tert-OH is 1. The molecule has 1 atom stereocenters. The van der Waals surface area contributed by atoms with Crippen molar-refractivity contribution in [1.82, 2.24) is 5.32 Å². The lowest BCUT2D eigenvalue weighted by atomic mass is 10.1. The summed E-state index contributed by atoms with van der Waals surface area (Å²) < 4.78 is 13.0. The minimum atomic E-state index is -0.319. The highest BCUT2D eigenvalue weighted by Crippen LogP contribution is 2.09. The van der Waals surface area contributed by atoms with Gasteiger partial charge in [0.25, 0.3) is 5.91 Å². The highest BCUT2D eigenvalue weighted by Gasteiger charge is 2.10. The fourth-order valence-corrected chi connectivity index (χ4v) is 1.36. The summed E-state index contributed by atoms with van der Waals surface area (Å²) >= 11 is 0. The summed E-state index contributed by atoms with van der Waals surface area (Å²) in [5, 5.41) is 11.4. The third kappa shape index (κ3) is 3.31. The van der Waals surface area contributed by atoms with Gasteiger partial charge in [-0.15, -0.1) is 0 Å². The third-order valence-electron chi connectivity index (χ3n) is 2.36. The number of aryl methyl sites for hydroxylation is 1. The van der Waals surface area contributed by atoms with Crippen LogP contribution in [0.3, 0.4) is 0 Å². The first-order valence-corrected chi connectivity index (χ1v) is 5.22. The third-order valence-corrected chi connectivity index (χ3v) is 2.36. The van der Waals surface area contributed by atoms with Crippen LogP contribution in [0.1, 0.15) is 29.3 Å². The van der Waals surface area contributed by atoms with Gasteiger partial charge in [0.15, 0.2) is 0 Å². The number of halogens is 1. The van der Waals surface area contributed by atoms with Crippen LogP contribution in [0.2, 0.25) is 0 Å². The van der Waals surface area contributed by atoms with Gasteiger partial charge in [-0.2, -0.15) is 0 Å². The van der Waals surface area contributed by atoms with Crippen molar-refractivity contribution in [2.24, 2.45) is 0 Å². The lowest BCUT2D eigenvalue weighted by Gasteiger charge is -2.12. The molecule has 4 heteroatoms. The Balaban J connectivity index is 2.69. The highest BCUT2D eigenvalue weighted by molar-refractivity contribution is 5.94. The van der Waals surface area contributed by atoms with Gasteiger partial charge in [-0.1, -0.05) is 0 Å². The fraction of sp³-hybridized carbons (Fsp3) is 0.417. The molecule has 1 amide bonds. The molecule has 0 aliphatic carbocycles. The van der Waals surface area contributed by atoms with Crippen LogP contribution in [0.5, 0.6) is 0 Å². The van der Waals surface area contributed by atoms with Crippen molar-refractivity contribution in [2.45, 2.75) is 26.3 Å². The second-order valence-corrected chi connectivity index (χ2v) is 3.85. The maximum Gasteiger partial charge on any atom is 0.251 e. The van der Waals surface area contributed by atoms with E-state index in [-0.39, 0.29) is 24.4 Å². The molecule has 0 aromatic heterocycles. The van der Waals surface area contributed by atoms with Crippen LogP contribution in [-0.2, 0) is 0 Å². The average Bonchev–Trinajstić information content (AvgIpc) is 2.22. The van der Waals surface area contributed by atoms with E-state index in [4.69, 9.17) is 5.11 Å². The molecule has 0 aliphatic heterocycles. The van der Waals surface area contributed by atoms with Gasteiger partial charge < -0.3 is 10.4 Å². The number of carbonyl (C=O) groups is 1. The first-order chi connectivity index (χ1) is 7.54. The molecule has 1 rings (SSSR count). The maximum absolute atomic E-state index is 13.0. The van der Waals surface area contributed by atoms with Crippen molar-refractivity contribution in [3.63, 3.8) is 0 Å². The Kier molecular flexibility index (Phi) is 4.43. The molecule has 88 valence electrons. The SMILES string of the molecule is Cc1cc(C(=O)NC(C)CCO)ccc1F. The average molecular weight is 225 g/mol. The van der Waals surface area contributed by atoms with Crippen LogP contribution in [0, 0.1) is 12.7 Å². The Morgan fingerprint density at radius 2 is 2.25 bits per heavy atom. The second kappa shape index (κ2) is 5.61. The van der Waals surface area contributed by atoms with Crippen LogP contribution in [0.25, 0.3) is 0 Å². The van der Waals surface area contributed by atoms with E-state index in [0.717, 1.165) is 0 Å². The molecule has 1 aromatic rings. The van der Waals surface area contributed by atoms with E-state index in [2.05, 4.69) is 5.32 Å². The quantitative estimate of drug-likeness (QED) is 0.818. The van der Waals surface area contributed by atoms with Gasteiger partial charge >= 0.3 is 0 Å². The smallest absolute Gasteiger partial charge is 0.251 e. The molecule has 0 saturated heterocycles. The predicted molar refractivity (Wildman–Crippen MR) is 59.8 cm³/mol. The van der Waals surface area contributed by atoms with E-state index < -0.39 is 0 Å². The second-order valence-electron chi connectivity index (χ2n) is 3.85. The van der Waals surface area contributed by atoms with E-state index in [1.807, 2.05) is 6.92 Å².